The Bertz CT molecular complexity index is 602. The van der Waals surface area contributed by atoms with Gasteiger partial charge in [-0.2, -0.15) is 4.39 Å². The second-order valence-corrected chi connectivity index (χ2v) is 4.20. The Morgan fingerprint density at radius 2 is 2.05 bits per heavy atom. The second kappa shape index (κ2) is 6.77. The lowest BCUT2D eigenvalue weighted by atomic mass is 10.1. The van der Waals surface area contributed by atoms with Crippen LogP contribution in [0.4, 0.5) is 10.1 Å². The van der Waals surface area contributed by atoms with E-state index >= 15 is 0 Å². The molecule has 1 aromatic heterocycles. The van der Waals surface area contributed by atoms with E-state index in [0.717, 1.165) is 5.56 Å². The van der Waals surface area contributed by atoms with Crippen LogP contribution in [0.5, 0.6) is 0 Å². The minimum Gasteiger partial charge on any atom is -0.384 e. The van der Waals surface area contributed by atoms with Crippen molar-refractivity contribution in [2.75, 3.05) is 19.0 Å². The first kappa shape index (κ1) is 14.1. The summed E-state index contributed by atoms with van der Waals surface area (Å²) in [6.45, 7) is 0.561. The number of para-hydroxylation sites is 1. The van der Waals surface area contributed by atoms with Crippen molar-refractivity contribution < 1.29 is 13.9 Å². The number of nitrogens with zero attached hydrogens (tertiary/aromatic N) is 1. The van der Waals surface area contributed by atoms with Crippen molar-refractivity contribution in [1.29, 1.82) is 0 Å². The highest BCUT2D eigenvalue weighted by molar-refractivity contribution is 6.03. The molecule has 0 radical (unpaired) electrons. The minimum absolute atomic E-state index is 0.0477. The Balaban J connectivity index is 2.15. The van der Waals surface area contributed by atoms with Gasteiger partial charge in [-0.05, 0) is 30.2 Å². The van der Waals surface area contributed by atoms with Gasteiger partial charge in [-0.15, -0.1) is 0 Å². The third kappa shape index (κ3) is 3.61. The van der Waals surface area contributed by atoms with Gasteiger partial charge >= 0.3 is 0 Å². The van der Waals surface area contributed by atoms with E-state index in [1.807, 2.05) is 18.2 Å². The van der Waals surface area contributed by atoms with Gasteiger partial charge in [0.1, 0.15) is 5.69 Å². The number of hydrogen-bond acceptors (Lipinski definition) is 3. The van der Waals surface area contributed by atoms with Crippen molar-refractivity contribution in [3.8, 4) is 0 Å². The zero-order valence-corrected chi connectivity index (χ0v) is 11.1. The average molecular weight is 274 g/mol. The third-order valence-electron chi connectivity index (χ3n) is 2.79. The predicted molar refractivity (Wildman–Crippen MR) is 74.2 cm³/mol. The van der Waals surface area contributed by atoms with Crippen LogP contribution in [0.3, 0.4) is 0 Å². The lowest BCUT2D eigenvalue weighted by Crippen LogP contribution is -2.15. The van der Waals surface area contributed by atoms with E-state index in [0.29, 0.717) is 18.7 Å². The number of halogens is 1. The summed E-state index contributed by atoms with van der Waals surface area (Å²) < 4.78 is 18.0. The molecule has 0 spiro atoms. The number of anilines is 1. The molecular weight excluding hydrogens is 259 g/mol. The first-order chi connectivity index (χ1) is 9.70. The molecule has 0 aliphatic heterocycles. The van der Waals surface area contributed by atoms with Crippen LogP contribution in [-0.2, 0) is 11.2 Å². The monoisotopic (exact) mass is 274 g/mol. The molecule has 4 nitrogen and oxygen atoms in total. The Labute approximate surface area is 116 Å². The van der Waals surface area contributed by atoms with Gasteiger partial charge in [0.25, 0.3) is 5.91 Å². The highest BCUT2D eigenvalue weighted by Gasteiger charge is 2.10. The van der Waals surface area contributed by atoms with Gasteiger partial charge in [-0.1, -0.05) is 24.3 Å². The van der Waals surface area contributed by atoms with Gasteiger partial charge in [-0.25, -0.2) is 4.98 Å². The van der Waals surface area contributed by atoms with Crippen LogP contribution in [0.15, 0.2) is 42.5 Å². The van der Waals surface area contributed by atoms with Crippen molar-refractivity contribution in [1.82, 2.24) is 4.98 Å². The van der Waals surface area contributed by atoms with Gasteiger partial charge in [0.05, 0.1) is 6.61 Å². The van der Waals surface area contributed by atoms with Crippen LogP contribution in [0.1, 0.15) is 16.1 Å². The maximum Gasteiger partial charge on any atom is 0.274 e. The Hall–Kier alpha value is -2.27. The SMILES string of the molecule is COCCc1ccccc1NC(=O)c1cccc(F)n1. The van der Waals surface area contributed by atoms with Crippen LogP contribution in [-0.4, -0.2) is 24.6 Å². The van der Waals surface area contributed by atoms with Crippen LogP contribution in [0, 0.1) is 5.95 Å². The largest absolute Gasteiger partial charge is 0.384 e. The molecule has 0 fully saturated rings. The highest BCUT2D eigenvalue weighted by Crippen LogP contribution is 2.16. The van der Waals surface area contributed by atoms with E-state index in [2.05, 4.69) is 10.3 Å². The van der Waals surface area contributed by atoms with Crippen molar-refractivity contribution in [3.63, 3.8) is 0 Å². The number of benzene rings is 1. The molecule has 1 N–H and O–H groups in total. The van der Waals surface area contributed by atoms with Crippen LogP contribution >= 0.6 is 0 Å². The van der Waals surface area contributed by atoms with Crippen molar-refractivity contribution in [2.45, 2.75) is 6.42 Å². The molecule has 0 bridgehead atoms. The molecule has 0 saturated carbocycles. The normalized spacial score (nSPS) is 10.3. The Morgan fingerprint density at radius 3 is 2.80 bits per heavy atom. The number of amides is 1. The molecule has 0 aliphatic rings. The van der Waals surface area contributed by atoms with E-state index in [-0.39, 0.29) is 5.69 Å². The van der Waals surface area contributed by atoms with E-state index in [1.54, 1.807) is 13.2 Å². The quantitative estimate of drug-likeness (QED) is 0.853. The lowest BCUT2D eigenvalue weighted by molar-refractivity contribution is 0.102. The summed E-state index contributed by atoms with van der Waals surface area (Å²) in [5.74, 6) is -1.11. The predicted octanol–water partition coefficient (Wildman–Crippen LogP) is 2.66. The fraction of sp³-hybridized carbons (Fsp3) is 0.200. The number of carbonyl (C=O) groups is 1. The zero-order valence-electron chi connectivity index (χ0n) is 11.1. The topological polar surface area (TPSA) is 51.2 Å². The first-order valence-corrected chi connectivity index (χ1v) is 6.21. The summed E-state index contributed by atoms with van der Waals surface area (Å²) in [6.07, 6.45) is 0.684. The maximum absolute atomic E-state index is 13.0. The number of pyridine rings is 1. The minimum atomic E-state index is -0.676. The summed E-state index contributed by atoms with van der Waals surface area (Å²) >= 11 is 0. The fourth-order valence-corrected chi connectivity index (χ4v) is 1.79. The van der Waals surface area contributed by atoms with Crippen LogP contribution in [0.25, 0.3) is 0 Å². The van der Waals surface area contributed by atoms with Crippen LogP contribution in [0.2, 0.25) is 0 Å². The van der Waals surface area contributed by atoms with Gasteiger partial charge in [0.2, 0.25) is 5.95 Å². The Kier molecular flexibility index (Phi) is 4.79. The molecule has 0 unspecified atom stereocenters. The maximum atomic E-state index is 13.0. The lowest BCUT2D eigenvalue weighted by Gasteiger charge is -2.10. The molecule has 2 rings (SSSR count). The molecule has 20 heavy (non-hydrogen) atoms. The number of hydrogen-bond donors (Lipinski definition) is 1. The van der Waals surface area contributed by atoms with Crippen LogP contribution < -0.4 is 5.32 Å². The Morgan fingerprint density at radius 1 is 1.25 bits per heavy atom. The molecule has 1 heterocycles. The summed E-state index contributed by atoms with van der Waals surface area (Å²) in [5, 5.41) is 2.74. The third-order valence-corrected chi connectivity index (χ3v) is 2.79. The second-order valence-electron chi connectivity index (χ2n) is 4.20. The summed E-state index contributed by atoms with van der Waals surface area (Å²) in [5.41, 5.74) is 1.69. The molecule has 0 atom stereocenters. The van der Waals surface area contributed by atoms with E-state index < -0.39 is 11.9 Å². The number of aromatic nitrogens is 1. The molecule has 0 saturated heterocycles. The standard InChI is InChI=1S/C15H15FN2O2/c1-20-10-9-11-5-2-3-6-12(11)18-15(19)13-7-4-8-14(16)17-13/h2-8H,9-10H2,1H3,(H,18,19). The van der Waals surface area contributed by atoms with Gasteiger partial charge in [-0.3, -0.25) is 4.79 Å². The molecule has 104 valence electrons. The van der Waals surface area contributed by atoms with Crippen molar-refractivity contribution in [2.24, 2.45) is 0 Å². The summed E-state index contributed by atoms with van der Waals surface area (Å²) in [4.78, 5) is 15.6. The van der Waals surface area contributed by atoms with E-state index in [4.69, 9.17) is 4.74 Å². The van der Waals surface area contributed by atoms with Crippen molar-refractivity contribution >= 4 is 11.6 Å². The number of methoxy groups -OCH3 is 1. The van der Waals surface area contributed by atoms with E-state index in [1.165, 1.54) is 18.2 Å². The number of nitrogens with one attached hydrogen (secondary N) is 1. The highest BCUT2D eigenvalue weighted by atomic mass is 19.1. The van der Waals surface area contributed by atoms with Crippen molar-refractivity contribution in [3.05, 3.63) is 59.7 Å². The smallest absolute Gasteiger partial charge is 0.274 e. The fourth-order valence-electron chi connectivity index (χ4n) is 1.79. The molecule has 1 amide bonds. The summed E-state index contributed by atoms with van der Waals surface area (Å²) in [6, 6.07) is 11.5. The number of rotatable bonds is 5. The molecular formula is C15H15FN2O2. The van der Waals surface area contributed by atoms with E-state index in [9.17, 15) is 9.18 Å². The zero-order chi connectivity index (χ0) is 14.4. The number of carbonyl (C=O) groups excluding carboxylic acids is 1. The summed E-state index contributed by atoms with van der Waals surface area (Å²) in [7, 11) is 1.62. The van der Waals surface area contributed by atoms with Gasteiger partial charge < -0.3 is 10.1 Å². The number of ether oxygens (including phenoxy) is 1. The molecule has 1 aromatic carbocycles. The molecule has 5 heteroatoms. The van der Waals surface area contributed by atoms with Gasteiger partial charge in [0.15, 0.2) is 0 Å². The first-order valence-electron chi connectivity index (χ1n) is 6.21. The van der Waals surface area contributed by atoms with Gasteiger partial charge in [0, 0.05) is 12.8 Å². The molecule has 0 aliphatic carbocycles. The average Bonchev–Trinajstić information content (AvgIpc) is 2.46. The molecule has 2 aromatic rings.